The van der Waals surface area contributed by atoms with Crippen LogP contribution >= 0.6 is 69.9 Å². The molecular weight excluding hydrogens is 963 g/mol. The van der Waals surface area contributed by atoms with Gasteiger partial charge in [-0.05, 0) is 131 Å². The average Bonchev–Trinajstić information content (AvgIpc) is 3.73. The van der Waals surface area contributed by atoms with E-state index in [0.29, 0.717) is 38.6 Å². The molecule has 2 aliphatic heterocycles. The number of aliphatic imine (C=N–C) groups is 3. The van der Waals surface area contributed by atoms with Gasteiger partial charge in [-0.2, -0.15) is 0 Å². The molecule has 2 amide bonds. The van der Waals surface area contributed by atoms with Gasteiger partial charge in [-0.25, -0.2) is 28.8 Å². The van der Waals surface area contributed by atoms with E-state index in [-0.39, 0.29) is 27.5 Å². The van der Waals surface area contributed by atoms with Crippen molar-refractivity contribution in [2.45, 2.75) is 61.8 Å². The molecule has 2 atom stereocenters. The molecule has 66 heavy (non-hydrogen) atoms. The SMILES string of the molecule is C=Nc1cc(Cl)c(N2NC(=Nc3ccc(C)cc3Cl)C(Sc3cc(C)ccc3C)C2=O)c(Cl)c1.Cc1ccc(N=C2NN(c3cc(F)ccc3F)C(=O)C2Sc2cc(C)ccc2C)c(Cl)c1. The zero-order valence-electron chi connectivity index (χ0n) is 36.3. The van der Waals surface area contributed by atoms with E-state index in [4.69, 9.17) is 51.4 Å². The number of carbonyl (C=O) groups excluding carboxylic acids is 2. The van der Waals surface area contributed by atoms with Crippen molar-refractivity contribution in [2.24, 2.45) is 15.0 Å². The summed E-state index contributed by atoms with van der Waals surface area (Å²) in [5.41, 5.74) is 13.8. The molecule has 9 nitrogen and oxygen atoms in total. The van der Waals surface area contributed by atoms with Crippen LogP contribution in [0.25, 0.3) is 0 Å². The van der Waals surface area contributed by atoms with Gasteiger partial charge in [0.2, 0.25) is 0 Å². The summed E-state index contributed by atoms with van der Waals surface area (Å²) in [7, 11) is 0. The molecule has 2 N–H and O–H groups in total. The first-order valence-electron chi connectivity index (χ1n) is 20.2. The number of rotatable bonds is 9. The Morgan fingerprint density at radius 3 is 1.47 bits per heavy atom. The minimum atomic E-state index is -0.796. The van der Waals surface area contributed by atoms with E-state index in [2.05, 4.69) is 33.6 Å². The molecule has 2 saturated heterocycles. The molecule has 338 valence electrons. The number of benzene rings is 6. The number of hydrazine groups is 2. The van der Waals surface area contributed by atoms with Gasteiger partial charge in [-0.15, -0.1) is 23.5 Å². The number of carbonyl (C=O) groups is 2. The Hall–Kier alpha value is -5.41. The van der Waals surface area contributed by atoms with Gasteiger partial charge in [0.15, 0.2) is 0 Å². The highest BCUT2D eigenvalue weighted by molar-refractivity contribution is 8.01. The van der Waals surface area contributed by atoms with Crippen molar-refractivity contribution in [2.75, 3.05) is 10.0 Å². The van der Waals surface area contributed by atoms with Gasteiger partial charge in [0.25, 0.3) is 11.8 Å². The van der Waals surface area contributed by atoms with E-state index >= 15 is 0 Å². The van der Waals surface area contributed by atoms with Gasteiger partial charge in [-0.3, -0.25) is 25.4 Å². The van der Waals surface area contributed by atoms with Crippen LogP contribution < -0.4 is 20.9 Å². The Kier molecular flexibility index (Phi) is 15.2. The Labute approximate surface area is 410 Å². The third-order valence-electron chi connectivity index (χ3n) is 10.3. The van der Waals surface area contributed by atoms with Crippen molar-refractivity contribution in [3.8, 4) is 0 Å². The van der Waals surface area contributed by atoms with Crippen LogP contribution in [0.15, 0.2) is 128 Å². The molecule has 2 aliphatic rings. The molecule has 0 saturated carbocycles. The summed E-state index contributed by atoms with van der Waals surface area (Å²) in [5.74, 6) is -1.37. The van der Waals surface area contributed by atoms with Crippen LogP contribution in [0, 0.1) is 53.2 Å². The van der Waals surface area contributed by atoms with Crippen molar-refractivity contribution in [1.29, 1.82) is 0 Å². The second-order valence-corrected chi connectivity index (χ2v) is 19.4. The number of nitrogens with zero attached hydrogens (tertiary/aromatic N) is 5. The van der Waals surface area contributed by atoms with E-state index in [1.54, 1.807) is 24.3 Å². The van der Waals surface area contributed by atoms with E-state index < -0.39 is 28.0 Å². The summed E-state index contributed by atoms with van der Waals surface area (Å²) in [5, 5.41) is 2.33. The van der Waals surface area contributed by atoms with Crippen molar-refractivity contribution < 1.29 is 18.4 Å². The molecule has 0 bridgehead atoms. The van der Waals surface area contributed by atoms with Gasteiger partial charge in [0.05, 0.1) is 37.2 Å². The summed E-state index contributed by atoms with van der Waals surface area (Å²) in [6, 6.07) is 29.2. The largest absolute Gasteiger partial charge is 0.276 e. The van der Waals surface area contributed by atoms with Crippen LogP contribution in [-0.4, -0.2) is 40.7 Å². The zero-order chi connectivity index (χ0) is 47.6. The van der Waals surface area contributed by atoms with Crippen molar-refractivity contribution in [3.63, 3.8) is 0 Å². The fourth-order valence-electron chi connectivity index (χ4n) is 6.75. The number of halogens is 6. The lowest BCUT2D eigenvalue weighted by atomic mass is 10.2. The number of nitrogens with one attached hydrogen (secondary N) is 2. The Morgan fingerprint density at radius 1 is 0.561 bits per heavy atom. The van der Waals surface area contributed by atoms with Crippen LogP contribution in [0.3, 0.4) is 0 Å². The summed E-state index contributed by atoms with van der Waals surface area (Å²) >= 11 is 28.5. The quantitative estimate of drug-likeness (QED) is 0.140. The monoisotopic (exact) mass is 1000 g/mol. The normalized spacial score (nSPS) is 17.0. The number of hydrogen-bond donors (Lipinski definition) is 2. The lowest BCUT2D eigenvalue weighted by Gasteiger charge is -2.19. The number of anilines is 2. The van der Waals surface area contributed by atoms with Gasteiger partial charge >= 0.3 is 0 Å². The summed E-state index contributed by atoms with van der Waals surface area (Å²) < 4.78 is 28.3. The lowest BCUT2D eigenvalue weighted by molar-refractivity contribution is -0.117. The third kappa shape index (κ3) is 10.9. The molecule has 0 aromatic heterocycles. The van der Waals surface area contributed by atoms with Crippen LogP contribution in [0.2, 0.25) is 20.1 Å². The minimum absolute atomic E-state index is 0.207. The van der Waals surface area contributed by atoms with E-state index in [1.807, 2.05) is 96.1 Å². The van der Waals surface area contributed by atoms with Crippen LogP contribution in [0.1, 0.15) is 33.4 Å². The Bertz CT molecular complexity index is 2970. The van der Waals surface area contributed by atoms with Crippen LogP contribution in [0.5, 0.6) is 0 Å². The van der Waals surface area contributed by atoms with Crippen molar-refractivity contribution in [1.82, 2.24) is 10.9 Å². The summed E-state index contributed by atoms with van der Waals surface area (Å²) in [6.45, 7) is 15.3. The third-order valence-corrected chi connectivity index (χ3v) is 14.2. The first-order chi connectivity index (χ1) is 31.4. The maximum absolute atomic E-state index is 14.5. The molecule has 2 unspecified atom stereocenters. The average molecular weight is 1000 g/mol. The number of amidine groups is 2. The van der Waals surface area contributed by atoms with Gasteiger partial charge in [0, 0.05) is 15.9 Å². The molecule has 6 aromatic carbocycles. The predicted octanol–water partition coefficient (Wildman–Crippen LogP) is 13.9. The number of hydrogen-bond acceptors (Lipinski definition) is 7. The molecule has 8 rings (SSSR count). The van der Waals surface area contributed by atoms with Crippen molar-refractivity contribution in [3.05, 3.63) is 168 Å². The Morgan fingerprint density at radius 2 is 1.00 bits per heavy atom. The number of thioether (sulfide) groups is 2. The highest BCUT2D eigenvalue weighted by atomic mass is 35.5. The maximum Gasteiger partial charge on any atom is 0.267 e. The topological polar surface area (TPSA) is 102 Å². The molecular formula is C49H41Cl4F2N7O2S2. The van der Waals surface area contributed by atoms with Gasteiger partial charge in [-0.1, -0.05) is 93.9 Å². The van der Waals surface area contributed by atoms with Crippen LogP contribution in [-0.2, 0) is 9.59 Å². The zero-order valence-corrected chi connectivity index (χ0v) is 41.0. The summed E-state index contributed by atoms with van der Waals surface area (Å²) in [6.07, 6.45) is 0. The molecule has 2 heterocycles. The van der Waals surface area contributed by atoms with Gasteiger partial charge < -0.3 is 0 Å². The fourth-order valence-corrected chi connectivity index (χ4v) is 10.3. The number of amides is 2. The molecule has 17 heteroatoms. The molecule has 0 aliphatic carbocycles. The number of aryl methyl sites for hydroxylation is 6. The summed E-state index contributed by atoms with van der Waals surface area (Å²) in [4.78, 5) is 42.1. The van der Waals surface area contributed by atoms with Crippen LogP contribution in [0.4, 0.5) is 37.2 Å². The first-order valence-corrected chi connectivity index (χ1v) is 23.5. The van der Waals surface area contributed by atoms with E-state index in [1.165, 1.54) is 28.5 Å². The minimum Gasteiger partial charge on any atom is -0.276 e. The first kappa shape index (κ1) is 48.5. The molecule has 2 fully saturated rings. The van der Waals surface area contributed by atoms with Crippen molar-refractivity contribution >= 4 is 129 Å². The lowest BCUT2D eigenvalue weighted by Crippen LogP contribution is -2.36. The smallest absolute Gasteiger partial charge is 0.267 e. The molecule has 6 aromatic rings. The highest BCUT2D eigenvalue weighted by Gasteiger charge is 2.42. The van der Waals surface area contributed by atoms with Gasteiger partial charge in [0.1, 0.15) is 45.2 Å². The maximum atomic E-state index is 14.5. The second kappa shape index (κ2) is 20.6. The van der Waals surface area contributed by atoms with E-state index in [0.717, 1.165) is 66.4 Å². The standard InChI is InChI=1S/C25H21Cl3N4OS.C24H20ClF2N3OS/c1-13-6-8-20(17(26)9-13)30-24-23(34-21-10-14(2)5-7-15(21)3)25(33)32(31-24)22-18(27)11-16(29-4)12-19(22)28;1-13-5-9-19(17(25)10-13)28-23-22(32-21-11-14(2)4-6-15(21)3)24(31)30(29-23)20-12-16(26)7-8-18(20)27/h5-12,23H,4H2,1-3H3,(H,30,31);4-12,22H,1-3H3,(H,28,29). The van der Waals surface area contributed by atoms with E-state index in [9.17, 15) is 18.4 Å². The second-order valence-electron chi connectivity index (χ2n) is 15.5. The fraction of sp³-hybridized carbons (Fsp3) is 0.163. The molecule has 0 radical (unpaired) electrons. The highest BCUT2D eigenvalue weighted by Crippen LogP contribution is 2.42. The predicted molar refractivity (Wildman–Crippen MR) is 271 cm³/mol. The Balaban J connectivity index is 0.000000197. The molecule has 0 spiro atoms.